The van der Waals surface area contributed by atoms with Gasteiger partial charge in [0, 0.05) is 24.9 Å². The molecule has 0 bridgehead atoms. The van der Waals surface area contributed by atoms with E-state index in [1.807, 2.05) is 32.2 Å². The van der Waals surface area contributed by atoms with E-state index in [1.165, 1.54) is 0 Å². The van der Waals surface area contributed by atoms with Gasteiger partial charge in [-0.2, -0.15) is 0 Å². The predicted molar refractivity (Wildman–Crippen MR) is 110 cm³/mol. The number of aryl methyl sites for hydroxylation is 2. The van der Waals surface area contributed by atoms with Crippen LogP contribution in [0.2, 0.25) is 0 Å². The first-order valence-corrected chi connectivity index (χ1v) is 10.3. The van der Waals surface area contributed by atoms with Crippen LogP contribution < -0.4 is 10.6 Å². The lowest BCUT2D eigenvalue weighted by Gasteiger charge is -2.22. The summed E-state index contributed by atoms with van der Waals surface area (Å²) in [6, 6.07) is 5.39. The van der Waals surface area contributed by atoms with Crippen LogP contribution in [0, 0.1) is 13.8 Å². The highest BCUT2D eigenvalue weighted by Gasteiger charge is 2.25. The van der Waals surface area contributed by atoms with Gasteiger partial charge in [0.15, 0.2) is 0 Å². The van der Waals surface area contributed by atoms with E-state index in [2.05, 4.69) is 32.0 Å². The molecule has 1 unspecified atom stereocenters. The van der Waals surface area contributed by atoms with Crippen LogP contribution in [0.3, 0.4) is 0 Å². The molecule has 2 amide bonds. The van der Waals surface area contributed by atoms with Crippen LogP contribution in [-0.4, -0.2) is 34.4 Å². The number of fused-ring (bicyclic) bond motifs is 1. The minimum Gasteiger partial charge on any atom is -0.354 e. The second-order valence-electron chi connectivity index (χ2n) is 7.21. The predicted octanol–water partition coefficient (Wildman–Crippen LogP) is 2.91. The summed E-state index contributed by atoms with van der Waals surface area (Å²) in [5.41, 5.74) is 5.35. The lowest BCUT2D eigenvalue weighted by Crippen LogP contribution is -2.50. The van der Waals surface area contributed by atoms with Gasteiger partial charge in [-0.15, -0.1) is 11.3 Å². The van der Waals surface area contributed by atoms with Gasteiger partial charge in [0.05, 0.1) is 10.2 Å². The van der Waals surface area contributed by atoms with Gasteiger partial charge >= 0.3 is 0 Å². The Labute approximate surface area is 167 Å². The van der Waals surface area contributed by atoms with Crippen molar-refractivity contribution < 1.29 is 9.59 Å². The third kappa shape index (κ3) is 3.75. The molecule has 2 N–H and O–H groups in total. The molecule has 1 saturated heterocycles. The molecule has 0 saturated carbocycles. The summed E-state index contributed by atoms with van der Waals surface area (Å²) in [5, 5.41) is 7.69. The van der Waals surface area contributed by atoms with Crippen LogP contribution in [0.4, 0.5) is 0 Å². The molecule has 4 heterocycles. The SMILES string of the molecule is Cc1ccc(Cc2cc(C(=O)NC3CCCNC3=O)nc3c(C)csc23)cn1. The molecule has 3 aromatic rings. The van der Waals surface area contributed by atoms with Crippen molar-refractivity contribution >= 4 is 33.4 Å². The molecule has 0 radical (unpaired) electrons. The Morgan fingerprint density at radius 2 is 2.21 bits per heavy atom. The number of carbonyl (C=O) groups is 2. The maximum absolute atomic E-state index is 12.8. The number of amides is 2. The fraction of sp³-hybridized carbons (Fsp3) is 0.333. The minimum atomic E-state index is -0.493. The molecule has 144 valence electrons. The van der Waals surface area contributed by atoms with Crippen LogP contribution in [0.1, 0.15) is 45.7 Å². The van der Waals surface area contributed by atoms with Gasteiger partial charge in [-0.25, -0.2) is 4.98 Å². The number of piperidine rings is 1. The highest BCUT2D eigenvalue weighted by molar-refractivity contribution is 7.17. The van der Waals surface area contributed by atoms with Crippen molar-refractivity contribution in [1.29, 1.82) is 0 Å². The van der Waals surface area contributed by atoms with Crippen molar-refractivity contribution in [2.24, 2.45) is 0 Å². The number of pyridine rings is 2. The Bertz CT molecular complexity index is 1040. The molecule has 0 aromatic carbocycles. The van der Waals surface area contributed by atoms with Crippen molar-refractivity contribution in [2.75, 3.05) is 6.54 Å². The molecule has 0 spiro atoms. The molecule has 4 rings (SSSR count). The van der Waals surface area contributed by atoms with E-state index in [0.717, 1.165) is 39.0 Å². The van der Waals surface area contributed by atoms with Crippen molar-refractivity contribution in [3.05, 3.63) is 57.9 Å². The summed E-state index contributed by atoms with van der Waals surface area (Å²) >= 11 is 1.64. The first kappa shape index (κ1) is 18.6. The number of carbonyl (C=O) groups excluding carboxylic acids is 2. The Hall–Kier alpha value is -2.80. The highest BCUT2D eigenvalue weighted by atomic mass is 32.1. The largest absolute Gasteiger partial charge is 0.354 e. The minimum absolute atomic E-state index is 0.127. The van der Waals surface area contributed by atoms with Gasteiger partial charge in [0.2, 0.25) is 5.91 Å². The van der Waals surface area contributed by atoms with Gasteiger partial charge < -0.3 is 10.6 Å². The Kier molecular flexibility index (Phi) is 5.09. The van der Waals surface area contributed by atoms with Gasteiger partial charge in [-0.3, -0.25) is 14.6 Å². The number of nitrogens with one attached hydrogen (secondary N) is 2. The zero-order valence-electron chi connectivity index (χ0n) is 15.9. The molecule has 1 aliphatic rings. The molecule has 0 aliphatic carbocycles. The second kappa shape index (κ2) is 7.67. The quantitative estimate of drug-likeness (QED) is 0.713. The van der Waals surface area contributed by atoms with E-state index in [-0.39, 0.29) is 11.8 Å². The molecule has 1 fully saturated rings. The summed E-state index contributed by atoms with van der Waals surface area (Å²) in [7, 11) is 0. The molecule has 6 nitrogen and oxygen atoms in total. The van der Waals surface area contributed by atoms with Gasteiger partial charge in [0.25, 0.3) is 5.91 Å². The summed E-state index contributed by atoms with van der Waals surface area (Å²) < 4.78 is 1.09. The molecule has 3 aromatic heterocycles. The number of hydrogen-bond donors (Lipinski definition) is 2. The van der Waals surface area contributed by atoms with E-state index < -0.39 is 6.04 Å². The van der Waals surface area contributed by atoms with Crippen molar-refractivity contribution in [3.63, 3.8) is 0 Å². The van der Waals surface area contributed by atoms with Crippen LogP contribution in [0.15, 0.2) is 29.8 Å². The molecule has 1 aliphatic heterocycles. The van der Waals surface area contributed by atoms with E-state index in [1.54, 1.807) is 11.3 Å². The van der Waals surface area contributed by atoms with Gasteiger partial charge in [-0.05, 0) is 60.9 Å². The van der Waals surface area contributed by atoms with Crippen molar-refractivity contribution in [2.45, 2.75) is 39.2 Å². The monoisotopic (exact) mass is 394 g/mol. The third-order valence-corrected chi connectivity index (χ3v) is 6.13. The molecular formula is C21H22N4O2S. The van der Waals surface area contributed by atoms with Crippen molar-refractivity contribution in [1.82, 2.24) is 20.6 Å². The second-order valence-corrected chi connectivity index (χ2v) is 8.09. The number of aromatic nitrogens is 2. The fourth-order valence-corrected chi connectivity index (χ4v) is 4.41. The number of nitrogens with zero attached hydrogens (tertiary/aromatic N) is 2. The van der Waals surface area contributed by atoms with E-state index >= 15 is 0 Å². The summed E-state index contributed by atoms with van der Waals surface area (Å²) in [6.07, 6.45) is 4.06. The molecular weight excluding hydrogens is 372 g/mol. The molecule has 28 heavy (non-hydrogen) atoms. The standard InChI is InChI=1S/C21H22N4O2S/c1-12-11-28-19-15(8-14-6-5-13(2)23-10-14)9-17(24-18(12)19)21(27)25-16-4-3-7-22-20(16)26/h5-6,9-11,16H,3-4,7-8H2,1-2H3,(H,22,26)(H,25,27). The number of hydrogen-bond acceptors (Lipinski definition) is 5. The number of rotatable bonds is 4. The summed E-state index contributed by atoms with van der Waals surface area (Å²) in [6.45, 7) is 4.62. The lowest BCUT2D eigenvalue weighted by atomic mass is 10.0. The normalized spacial score (nSPS) is 16.8. The topological polar surface area (TPSA) is 84.0 Å². The maximum atomic E-state index is 12.8. The highest BCUT2D eigenvalue weighted by Crippen LogP contribution is 2.29. The van der Waals surface area contributed by atoms with Crippen LogP contribution in [0.5, 0.6) is 0 Å². The zero-order valence-corrected chi connectivity index (χ0v) is 16.7. The Balaban J connectivity index is 1.66. The number of thiophene rings is 1. The summed E-state index contributed by atoms with van der Waals surface area (Å²) in [4.78, 5) is 33.8. The Morgan fingerprint density at radius 3 is 2.96 bits per heavy atom. The molecule has 7 heteroatoms. The third-order valence-electron chi connectivity index (χ3n) is 4.97. The average molecular weight is 395 g/mol. The van der Waals surface area contributed by atoms with Crippen molar-refractivity contribution in [3.8, 4) is 0 Å². The fourth-order valence-electron chi connectivity index (χ4n) is 3.40. The smallest absolute Gasteiger partial charge is 0.270 e. The van der Waals surface area contributed by atoms with Crippen LogP contribution in [0.25, 0.3) is 10.2 Å². The Morgan fingerprint density at radius 1 is 1.36 bits per heavy atom. The van der Waals surface area contributed by atoms with Crippen LogP contribution >= 0.6 is 11.3 Å². The van der Waals surface area contributed by atoms with E-state index in [0.29, 0.717) is 25.1 Å². The maximum Gasteiger partial charge on any atom is 0.270 e. The van der Waals surface area contributed by atoms with E-state index in [4.69, 9.17) is 0 Å². The summed E-state index contributed by atoms with van der Waals surface area (Å²) in [5.74, 6) is -0.434. The van der Waals surface area contributed by atoms with E-state index in [9.17, 15) is 9.59 Å². The van der Waals surface area contributed by atoms with Gasteiger partial charge in [0.1, 0.15) is 11.7 Å². The van der Waals surface area contributed by atoms with Gasteiger partial charge in [-0.1, -0.05) is 6.07 Å². The van der Waals surface area contributed by atoms with Crippen LogP contribution in [-0.2, 0) is 11.2 Å². The zero-order chi connectivity index (χ0) is 19.7. The first-order valence-electron chi connectivity index (χ1n) is 9.39. The lowest BCUT2D eigenvalue weighted by molar-refractivity contribution is -0.124. The first-order chi connectivity index (χ1) is 13.5. The molecule has 1 atom stereocenters. The average Bonchev–Trinajstić information content (AvgIpc) is 3.07.